The molecule has 24 heavy (non-hydrogen) atoms. The van der Waals surface area contributed by atoms with Gasteiger partial charge >= 0.3 is 5.97 Å². The van der Waals surface area contributed by atoms with E-state index in [0.717, 1.165) is 5.56 Å². The van der Waals surface area contributed by atoms with Gasteiger partial charge in [-0.2, -0.15) is 0 Å². The van der Waals surface area contributed by atoms with Gasteiger partial charge in [0.15, 0.2) is 5.56 Å². The zero-order chi connectivity index (χ0) is 16.9. The Hall–Kier alpha value is -3.15. The fraction of sp³-hybridized carbons (Fsp3) is 0.111. The highest BCUT2D eigenvalue weighted by atomic mass is 19.1. The van der Waals surface area contributed by atoms with Gasteiger partial charge in [0.05, 0.1) is 7.11 Å². The van der Waals surface area contributed by atoms with Gasteiger partial charge in [0.2, 0.25) is 5.88 Å². The first kappa shape index (κ1) is 15.7. The second-order valence-corrected chi connectivity index (χ2v) is 5.04. The highest BCUT2D eigenvalue weighted by Crippen LogP contribution is 2.29. The first-order valence-electron chi connectivity index (χ1n) is 7.31. The molecule has 122 valence electrons. The van der Waals surface area contributed by atoms with Gasteiger partial charge in [-0.25, -0.2) is 9.18 Å². The lowest BCUT2D eigenvalue weighted by Gasteiger charge is -2.06. The van der Waals surface area contributed by atoms with Crippen molar-refractivity contribution in [2.45, 2.75) is 6.54 Å². The van der Waals surface area contributed by atoms with Crippen LogP contribution in [-0.4, -0.2) is 18.2 Å². The van der Waals surface area contributed by atoms with Crippen LogP contribution in [0.15, 0.2) is 59.1 Å². The number of halogens is 1. The fourth-order valence-corrected chi connectivity index (χ4v) is 2.31. The number of rotatable bonds is 5. The molecule has 0 atom stereocenters. The monoisotopic (exact) mass is 326 g/mol. The van der Waals surface area contributed by atoms with Crippen molar-refractivity contribution in [3.8, 4) is 11.3 Å². The molecule has 0 bridgehead atoms. The summed E-state index contributed by atoms with van der Waals surface area (Å²) in [6, 6.07) is 15.5. The van der Waals surface area contributed by atoms with Gasteiger partial charge in [0, 0.05) is 17.7 Å². The molecule has 0 unspecified atom stereocenters. The van der Waals surface area contributed by atoms with Gasteiger partial charge in [-0.05, 0) is 6.07 Å². The second-order valence-electron chi connectivity index (χ2n) is 5.04. The van der Waals surface area contributed by atoms with Crippen LogP contribution < -0.4 is 5.32 Å². The Bertz CT molecular complexity index is 846. The van der Waals surface area contributed by atoms with Crippen LogP contribution >= 0.6 is 0 Å². The minimum atomic E-state index is -0.578. The highest BCUT2D eigenvalue weighted by molar-refractivity contribution is 6.00. The molecule has 0 saturated carbocycles. The molecule has 0 aliphatic heterocycles. The van der Waals surface area contributed by atoms with Gasteiger partial charge in [-0.1, -0.05) is 53.7 Å². The number of anilines is 1. The maximum absolute atomic E-state index is 13.7. The molecule has 3 aromatic rings. The Balaban J connectivity index is 1.92. The van der Waals surface area contributed by atoms with E-state index in [4.69, 9.17) is 9.26 Å². The molecule has 0 aliphatic carbocycles. The van der Waals surface area contributed by atoms with Crippen LogP contribution in [-0.2, 0) is 11.3 Å². The number of benzene rings is 2. The first-order valence-corrected chi connectivity index (χ1v) is 7.31. The fourth-order valence-electron chi connectivity index (χ4n) is 2.31. The zero-order valence-electron chi connectivity index (χ0n) is 13.0. The molecule has 5 nitrogen and oxygen atoms in total. The van der Waals surface area contributed by atoms with Crippen LogP contribution in [0.2, 0.25) is 0 Å². The average molecular weight is 326 g/mol. The number of nitrogens with one attached hydrogen (secondary N) is 1. The van der Waals surface area contributed by atoms with Crippen molar-refractivity contribution in [3.63, 3.8) is 0 Å². The zero-order valence-corrected chi connectivity index (χ0v) is 13.0. The summed E-state index contributed by atoms with van der Waals surface area (Å²) >= 11 is 0. The summed E-state index contributed by atoms with van der Waals surface area (Å²) in [4.78, 5) is 12.1. The van der Waals surface area contributed by atoms with Crippen molar-refractivity contribution in [3.05, 3.63) is 71.5 Å². The lowest BCUT2D eigenvalue weighted by molar-refractivity contribution is 0.0602. The van der Waals surface area contributed by atoms with Gasteiger partial charge in [0.25, 0.3) is 0 Å². The van der Waals surface area contributed by atoms with Crippen LogP contribution in [0.3, 0.4) is 0 Å². The third kappa shape index (κ3) is 3.12. The normalized spacial score (nSPS) is 10.4. The number of carbonyl (C=O) groups is 1. The topological polar surface area (TPSA) is 64.4 Å². The quantitative estimate of drug-likeness (QED) is 0.721. The van der Waals surface area contributed by atoms with E-state index in [9.17, 15) is 9.18 Å². The van der Waals surface area contributed by atoms with Crippen molar-refractivity contribution >= 4 is 11.9 Å². The maximum Gasteiger partial charge on any atom is 0.345 e. The predicted octanol–water partition coefficient (Wildman–Crippen LogP) is 3.88. The largest absolute Gasteiger partial charge is 0.465 e. The molecular formula is C18H15FN2O3. The van der Waals surface area contributed by atoms with E-state index in [1.54, 1.807) is 18.2 Å². The average Bonchev–Trinajstić information content (AvgIpc) is 3.05. The van der Waals surface area contributed by atoms with Crippen LogP contribution in [0, 0.1) is 5.82 Å². The number of nitrogens with zero attached hydrogens (tertiary/aromatic N) is 1. The summed E-state index contributed by atoms with van der Waals surface area (Å²) in [7, 11) is 1.28. The van der Waals surface area contributed by atoms with Gasteiger partial charge in [0.1, 0.15) is 11.5 Å². The van der Waals surface area contributed by atoms with Crippen molar-refractivity contribution in [2.75, 3.05) is 12.4 Å². The van der Waals surface area contributed by atoms with E-state index in [1.165, 1.54) is 13.2 Å². The van der Waals surface area contributed by atoms with Gasteiger partial charge < -0.3 is 14.6 Å². The number of esters is 1. The van der Waals surface area contributed by atoms with Crippen LogP contribution in [0.1, 0.15) is 15.9 Å². The van der Waals surface area contributed by atoms with Crippen molar-refractivity contribution in [1.82, 2.24) is 5.16 Å². The van der Waals surface area contributed by atoms with Crippen LogP contribution in [0.4, 0.5) is 10.3 Å². The summed E-state index contributed by atoms with van der Waals surface area (Å²) in [6.45, 7) is 0.153. The number of hydrogen-bond donors (Lipinski definition) is 1. The highest BCUT2D eigenvalue weighted by Gasteiger charge is 2.24. The number of methoxy groups -OCH3 is 1. The Morgan fingerprint density at radius 1 is 1.17 bits per heavy atom. The number of ether oxygens (including phenoxy) is 1. The minimum absolute atomic E-state index is 0.143. The molecule has 3 rings (SSSR count). The molecule has 0 amide bonds. The summed E-state index contributed by atoms with van der Waals surface area (Å²) in [5.74, 6) is -0.775. The number of carbonyl (C=O) groups excluding carboxylic acids is 1. The van der Waals surface area contributed by atoms with E-state index >= 15 is 0 Å². The number of hydrogen-bond acceptors (Lipinski definition) is 5. The van der Waals surface area contributed by atoms with Crippen molar-refractivity contribution in [2.24, 2.45) is 0 Å². The molecule has 0 fully saturated rings. The summed E-state index contributed by atoms with van der Waals surface area (Å²) in [5.41, 5.74) is 1.73. The van der Waals surface area contributed by atoms with Crippen LogP contribution in [0.5, 0.6) is 0 Å². The lowest BCUT2D eigenvalue weighted by Crippen LogP contribution is -2.08. The predicted molar refractivity (Wildman–Crippen MR) is 87.0 cm³/mol. The van der Waals surface area contributed by atoms with Crippen molar-refractivity contribution < 1.29 is 18.4 Å². The van der Waals surface area contributed by atoms with E-state index in [0.29, 0.717) is 11.3 Å². The molecule has 1 N–H and O–H groups in total. The summed E-state index contributed by atoms with van der Waals surface area (Å²) in [5, 5.41) is 6.86. The third-order valence-corrected chi connectivity index (χ3v) is 3.53. The Labute approximate surface area is 138 Å². The van der Waals surface area contributed by atoms with Gasteiger partial charge in [-0.3, -0.25) is 0 Å². The molecule has 0 aliphatic rings. The first-order chi connectivity index (χ1) is 11.7. The van der Waals surface area contributed by atoms with Crippen molar-refractivity contribution in [1.29, 1.82) is 0 Å². The van der Waals surface area contributed by atoms with Gasteiger partial charge in [-0.15, -0.1) is 0 Å². The molecular weight excluding hydrogens is 311 g/mol. The second kappa shape index (κ2) is 6.95. The Kier molecular flexibility index (Phi) is 4.56. The standard InChI is InChI=1S/C18H15FN2O3/c1-23-18(22)15-16(12-7-3-2-4-8-12)21-24-17(15)20-11-13-9-5-6-10-14(13)19/h2-10,20H,11H2,1H3. The Morgan fingerprint density at radius 3 is 2.58 bits per heavy atom. The molecule has 2 aromatic carbocycles. The molecule has 0 saturated heterocycles. The lowest BCUT2D eigenvalue weighted by atomic mass is 10.1. The summed E-state index contributed by atoms with van der Waals surface area (Å²) < 4.78 is 23.8. The maximum atomic E-state index is 13.7. The third-order valence-electron chi connectivity index (χ3n) is 3.53. The SMILES string of the molecule is COC(=O)c1c(-c2ccccc2)noc1NCc1ccccc1F. The molecule has 1 aromatic heterocycles. The molecule has 6 heteroatoms. The van der Waals surface area contributed by atoms with E-state index < -0.39 is 5.97 Å². The van der Waals surface area contributed by atoms with E-state index in [1.807, 2.05) is 30.3 Å². The Morgan fingerprint density at radius 2 is 1.88 bits per heavy atom. The minimum Gasteiger partial charge on any atom is -0.465 e. The molecule has 0 spiro atoms. The van der Waals surface area contributed by atoms with E-state index in [-0.39, 0.29) is 23.8 Å². The smallest absolute Gasteiger partial charge is 0.345 e. The van der Waals surface area contributed by atoms with Crippen LogP contribution in [0.25, 0.3) is 11.3 Å². The molecule has 0 radical (unpaired) electrons. The van der Waals surface area contributed by atoms with E-state index in [2.05, 4.69) is 10.5 Å². The number of aromatic nitrogens is 1. The molecule has 1 heterocycles. The summed E-state index contributed by atoms with van der Waals surface area (Å²) in [6.07, 6.45) is 0.